The van der Waals surface area contributed by atoms with Crippen LogP contribution in [-0.2, 0) is 0 Å². The van der Waals surface area contributed by atoms with Gasteiger partial charge in [-0.15, -0.1) is 11.6 Å². The van der Waals surface area contributed by atoms with Gasteiger partial charge in [0.05, 0.1) is 7.11 Å². The van der Waals surface area contributed by atoms with Crippen LogP contribution in [0.4, 0.5) is 5.82 Å². The van der Waals surface area contributed by atoms with Gasteiger partial charge in [-0.25, -0.2) is 4.98 Å². The number of benzene rings is 1. The largest absolute Gasteiger partial charge is 0.497 e. The predicted octanol–water partition coefficient (Wildman–Crippen LogP) is 3.70. The quantitative estimate of drug-likeness (QED) is 0.803. The first-order valence-electron chi connectivity index (χ1n) is 6.95. The maximum Gasteiger partial charge on any atom is 0.136 e. The number of anilines is 1. The third kappa shape index (κ3) is 2.55. The Morgan fingerprint density at radius 2 is 2.15 bits per heavy atom. The second kappa shape index (κ2) is 5.49. The third-order valence-corrected chi connectivity index (χ3v) is 4.38. The summed E-state index contributed by atoms with van der Waals surface area (Å²) in [5.41, 5.74) is 0. The van der Waals surface area contributed by atoms with Gasteiger partial charge >= 0.3 is 0 Å². The Hall–Kier alpha value is -1.48. The summed E-state index contributed by atoms with van der Waals surface area (Å²) in [6.07, 6.45) is 4.09. The number of ether oxygens (including phenoxy) is 1. The number of nitrogens with zero attached hydrogens (tertiary/aromatic N) is 2. The maximum absolute atomic E-state index is 6.05. The first-order valence-corrected chi connectivity index (χ1v) is 7.39. The standard InChI is InChI=1S/C16H19ClN2O/c1-19(10-11-7-13(17)8-11)16-15-4-3-14(20-2)9-12(15)5-6-18-16/h3-6,9,11,13H,7-8,10H2,1-2H3. The summed E-state index contributed by atoms with van der Waals surface area (Å²) in [6, 6.07) is 8.14. The highest BCUT2D eigenvalue weighted by Gasteiger charge is 2.28. The van der Waals surface area contributed by atoms with Gasteiger partial charge in [0.25, 0.3) is 0 Å². The molecule has 2 aromatic rings. The molecule has 1 aliphatic rings. The normalized spacial score (nSPS) is 21.6. The van der Waals surface area contributed by atoms with Crippen molar-refractivity contribution in [2.75, 3.05) is 25.6 Å². The predicted molar refractivity (Wildman–Crippen MR) is 83.9 cm³/mol. The third-order valence-electron chi connectivity index (χ3n) is 4.02. The summed E-state index contributed by atoms with van der Waals surface area (Å²) in [5.74, 6) is 2.60. The maximum atomic E-state index is 6.05. The van der Waals surface area contributed by atoms with E-state index in [1.807, 2.05) is 24.4 Å². The molecule has 0 spiro atoms. The molecule has 106 valence electrons. The summed E-state index contributed by atoms with van der Waals surface area (Å²) < 4.78 is 5.28. The lowest BCUT2D eigenvalue weighted by Crippen LogP contribution is -2.35. The number of halogens is 1. The summed E-state index contributed by atoms with van der Waals surface area (Å²) >= 11 is 6.05. The van der Waals surface area contributed by atoms with Crippen molar-refractivity contribution >= 4 is 28.2 Å². The Kier molecular flexibility index (Phi) is 3.70. The molecule has 0 radical (unpaired) electrons. The van der Waals surface area contributed by atoms with Crippen molar-refractivity contribution in [3.63, 3.8) is 0 Å². The molecular weight excluding hydrogens is 272 g/mol. The molecule has 0 N–H and O–H groups in total. The minimum Gasteiger partial charge on any atom is -0.497 e. The van der Waals surface area contributed by atoms with E-state index in [0.717, 1.165) is 41.7 Å². The Morgan fingerprint density at radius 1 is 1.35 bits per heavy atom. The first kappa shape index (κ1) is 13.5. The number of hydrogen-bond acceptors (Lipinski definition) is 3. The number of hydrogen-bond donors (Lipinski definition) is 0. The summed E-state index contributed by atoms with van der Waals surface area (Å²) in [5, 5.41) is 2.70. The van der Waals surface area contributed by atoms with Crippen molar-refractivity contribution in [2.24, 2.45) is 5.92 Å². The van der Waals surface area contributed by atoms with Crippen LogP contribution in [0.15, 0.2) is 30.5 Å². The number of aromatic nitrogens is 1. The van der Waals surface area contributed by atoms with Crippen molar-refractivity contribution in [3.05, 3.63) is 30.5 Å². The van der Waals surface area contributed by atoms with Gasteiger partial charge in [-0.3, -0.25) is 0 Å². The molecular formula is C16H19ClN2O. The second-order valence-corrected chi connectivity index (χ2v) is 6.15. The molecule has 0 amide bonds. The lowest BCUT2D eigenvalue weighted by molar-refractivity contribution is 0.329. The molecule has 1 aromatic heterocycles. The minimum atomic E-state index is 0.373. The average Bonchev–Trinajstić information content (AvgIpc) is 2.44. The monoisotopic (exact) mass is 290 g/mol. The fourth-order valence-electron chi connectivity index (χ4n) is 2.85. The van der Waals surface area contributed by atoms with Crippen molar-refractivity contribution < 1.29 is 4.74 Å². The van der Waals surface area contributed by atoms with E-state index < -0.39 is 0 Å². The molecule has 1 heterocycles. The van der Waals surface area contributed by atoms with Crippen LogP contribution in [0.3, 0.4) is 0 Å². The van der Waals surface area contributed by atoms with E-state index in [9.17, 15) is 0 Å². The van der Waals surface area contributed by atoms with Crippen LogP contribution >= 0.6 is 11.6 Å². The summed E-state index contributed by atoms with van der Waals surface area (Å²) in [6.45, 7) is 1.02. The van der Waals surface area contributed by atoms with Gasteiger partial charge in [0.2, 0.25) is 0 Å². The van der Waals surface area contributed by atoms with Crippen LogP contribution in [0.1, 0.15) is 12.8 Å². The molecule has 3 nitrogen and oxygen atoms in total. The fourth-order valence-corrected chi connectivity index (χ4v) is 3.35. The molecule has 0 bridgehead atoms. The molecule has 3 rings (SSSR count). The Bertz CT molecular complexity index is 610. The van der Waals surface area contributed by atoms with E-state index in [0.29, 0.717) is 11.3 Å². The summed E-state index contributed by atoms with van der Waals surface area (Å²) in [7, 11) is 3.79. The Labute approximate surface area is 124 Å². The van der Waals surface area contributed by atoms with Gasteiger partial charge in [-0.1, -0.05) is 0 Å². The van der Waals surface area contributed by atoms with Crippen LogP contribution < -0.4 is 9.64 Å². The SMILES string of the molecule is COc1ccc2c(N(C)CC3CC(Cl)C3)nccc2c1. The van der Waals surface area contributed by atoms with Crippen LogP contribution in [0.25, 0.3) is 10.8 Å². The molecule has 0 saturated heterocycles. The van der Waals surface area contributed by atoms with Crippen molar-refractivity contribution in [1.82, 2.24) is 4.98 Å². The smallest absolute Gasteiger partial charge is 0.136 e. The Balaban J connectivity index is 1.86. The fraction of sp³-hybridized carbons (Fsp3) is 0.438. The van der Waals surface area contributed by atoms with Gasteiger partial charge < -0.3 is 9.64 Å². The first-order chi connectivity index (χ1) is 9.67. The van der Waals surface area contributed by atoms with Crippen LogP contribution in [0.2, 0.25) is 0 Å². The molecule has 1 aliphatic carbocycles. The zero-order valence-electron chi connectivity index (χ0n) is 11.8. The molecule has 1 saturated carbocycles. The highest BCUT2D eigenvalue weighted by molar-refractivity contribution is 6.21. The molecule has 4 heteroatoms. The van der Waals surface area contributed by atoms with Gasteiger partial charge in [-0.2, -0.15) is 0 Å². The molecule has 1 fully saturated rings. The number of fused-ring (bicyclic) bond motifs is 1. The molecule has 0 aliphatic heterocycles. The summed E-state index contributed by atoms with van der Waals surface area (Å²) in [4.78, 5) is 6.78. The van der Waals surface area contributed by atoms with Gasteiger partial charge in [0.1, 0.15) is 11.6 Å². The van der Waals surface area contributed by atoms with Crippen molar-refractivity contribution in [3.8, 4) is 5.75 Å². The zero-order valence-corrected chi connectivity index (χ0v) is 12.6. The van der Waals surface area contributed by atoms with Gasteiger partial charge in [0, 0.05) is 30.6 Å². The number of alkyl halides is 1. The minimum absolute atomic E-state index is 0.373. The van der Waals surface area contributed by atoms with Crippen molar-refractivity contribution in [2.45, 2.75) is 18.2 Å². The van der Waals surface area contributed by atoms with E-state index in [-0.39, 0.29) is 0 Å². The second-order valence-electron chi connectivity index (χ2n) is 5.54. The lowest BCUT2D eigenvalue weighted by atomic mass is 9.84. The van der Waals surface area contributed by atoms with Crippen LogP contribution in [0, 0.1) is 5.92 Å². The zero-order chi connectivity index (χ0) is 14.1. The van der Waals surface area contributed by atoms with E-state index >= 15 is 0 Å². The number of methoxy groups -OCH3 is 1. The number of pyridine rings is 1. The van der Waals surface area contributed by atoms with E-state index in [1.165, 1.54) is 0 Å². The van der Waals surface area contributed by atoms with E-state index in [1.54, 1.807) is 7.11 Å². The van der Waals surface area contributed by atoms with E-state index in [4.69, 9.17) is 16.3 Å². The highest BCUT2D eigenvalue weighted by atomic mass is 35.5. The molecule has 0 unspecified atom stereocenters. The Morgan fingerprint density at radius 3 is 2.85 bits per heavy atom. The number of rotatable bonds is 4. The lowest BCUT2D eigenvalue weighted by Gasteiger charge is -2.34. The molecule has 1 aromatic carbocycles. The van der Waals surface area contributed by atoms with E-state index in [2.05, 4.69) is 23.0 Å². The topological polar surface area (TPSA) is 25.4 Å². The van der Waals surface area contributed by atoms with Crippen molar-refractivity contribution in [1.29, 1.82) is 0 Å². The highest BCUT2D eigenvalue weighted by Crippen LogP contribution is 2.34. The average molecular weight is 291 g/mol. The van der Waals surface area contributed by atoms with Gasteiger partial charge in [0.15, 0.2) is 0 Å². The van der Waals surface area contributed by atoms with Gasteiger partial charge in [-0.05, 0) is 48.4 Å². The molecule has 20 heavy (non-hydrogen) atoms. The molecule has 0 atom stereocenters. The van der Waals surface area contributed by atoms with Crippen LogP contribution in [-0.4, -0.2) is 31.1 Å². The van der Waals surface area contributed by atoms with Crippen LogP contribution in [0.5, 0.6) is 5.75 Å².